The Kier molecular flexibility index (Phi) is 7.60. The molecule has 2 N–H and O–H groups in total. The molecule has 2 heterocycles. The minimum atomic E-state index is -5.15. The predicted molar refractivity (Wildman–Crippen MR) is 115 cm³/mol. The van der Waals surface area contributed by atoms with E-state index in [9.17, 15) is 37.6 Å². The van der Waals surface area contributed by atoms with Crippen molar-refractivity contribution in [3.8, 4) is 6.07 Å². The standard InChI is InChI=1S/C22H32F3N5O4/c1-12(2)7-15(29(6)16(31)13(3)27-19(34)22(23,24)25)17(32)30-11-21(8-14(30)9-26)10-20(4,5)28-18(21)33/h12-15H,7-8,10-11H2,1-6H3,(H,27,34)(H,28,33)/t13-,14-,15-,21+/m0/s1. The first kappa shape index (κ1) is 27.4. The molecule has 4 amide bonds. The zero-order valence-corrected chi connectivity index (χ0v) is 20.2. The van der Waals surface area contributed by atoms with Crippen molar-refractivity contribution in [3.05, 3.63) is 0 Å². The highest BCUT2D eigenvalue weighted by Crippen LogP contribution is 2.46. The highest BCUT2D eigenvalue weighted by Gasteiger charge is 2.58. The molecular weight excluding hydrogens is 455 g/mol. The summed E-state index contributed by atoms with van der Waals surface area (Å²) in [5.41, 5.74) is -1.41. The number of likely N-dealkylation sites (N-methyl/N-ethyl adjacent to an activating group) is 1. The molecule has 0 bridgehead atoms. The van der Waals surface area contributed by atoms with Gasteiger partial charge in [0.1, 0.15) is 18.1 Å². The smallest absolute Gasteiger partial charge is 0.351 e. The molecule has 0 aromatic heterocycles. The topological polar surface area (TPSA) is 123 Å². The number of hydrogen-bond donors (Lipinski definition) is 2. The number of amides is 4. The summed E-state index contributed by atoms with van der Waals surface area (Å²) >= 11 is 0. The number of nitriles is 1. The number of alkyl halides is 3. The van der Waals surface area contributed by atoms with Crippen LogP contribution < -0.4 is 10.6 Å². The fourth-order valence-corrected chi connectivity index (χ4v) is 4.89. The maximum absolute atomic E-state index is 13.6. The maximum atomic E-state index is 13.6. The molecule has 0 saturated carbocycles. The summed E-state index contributed by atoms with van der Waals surface area (Å²) in [7, 11) is 1.28. The third-order valence-corrected chi connectivity index (χ3v) is 6.35. The van der Waals surface area contributed by atoms with Gasteiger partial charge < -0.3 is 20.4 Å². The normalized spacial score (nSPS) is 25.6. The van der Waals surface area contributed by atoms with Crippen molar-refractivity contribution in [3.63, 3.8) is 0 Å². The van der Waals surface area contributed by atoms with Crippen LogP contribution >= 0.6 is 0 Å². The van der Waals surface area contributed by atoms with E-state index in [0.29, 0.717) is 6.42 Å². The Morgan fingerprint density at radius 2 is 1.88 bits per heavy atom. The molecule has 190 valence electrons. The minimum absolute atomic E-state index is 0.0102. The van der Waals surface area contributed by atoms with E-state index in [1.54, 1.807) is 5.32 Å². The number of nitrogens with zero attached hydrogens (tertiary/aromatic N) is 3. The lowest BCUT2D eigenvalue weighted by Crippen LogP contribution is -2.56. The van der Waals surface area contributed by atoms with Gasteiger partial charge >= 0.3 is 12.1 Å². The monoisotopic (exact) mass is 487 g/mol. The highest BCUT2D eigenvalue weighted by molar-refractivity contribution is 5.94. The van der Waals surface area contributed by atoms with Crippen LogP contribution in [0.15, 0.2) is 0 Å². The number of halogens is 3. The van der Waals surface area contributed by atoms with E-state index in [0.717, 1.165) is 11.8 Å². The third kappa shape index (κ3) is 5.62. The number of carbonyl (C=O) groups is 4. The summed E-state index contributed by atoms with van der Waals surface area (Å²) in [6.45, 7) is 8.46. The summed E-state index contributed by atoms with van der Waals surface area (Å²) in [4.78, 5) is 52.7. The van der Waals surface area contributed by atoms with Gasteiger partial charge in [-0.15, -0.1) is 0 Å². The summed E-state index contributed by atoms with van der Waals surface area (Å²) < 4.78 is 37.8. The van der Waals surface area contributed by atoms with Gasteiger partial charge in [-0.25, -0.2) is 0 Å². The van der Waals surface area contributed by atoms with Gasteiger partial charge in [0.25, 0.3) is 0 Å². The van der Waals surface area contributed by atoms with Crippen molar-refractivity contribution in [2.24, 2.45) is 11.3 Å². The Bertz CT molecular complexity index is 898. The van der Waals surface area contributed by atoms with Gasteiger partial charge in [0, 0.05) is 19.1 Å². The molecule has 9 nitrogen and oxygen atoms in total. The first-order chi connectivity index (χ1) is 15.4. The fourth-order valence-electron chi connectivity index (χ4n) is 4.89. The van der Waals surface area contributed by atoms with E-state index < -0.39 is 53.0 Å². The number of likely N-dealkylation sites (tertiary alicyclic amines) is 1. The molecule has 2 aliphatic heterocycles. The largest absolute Gasteiger partial charge is 0.471 e. The van der Waals surface area contributed by atoms with Crippen LogP contribution in [0.3, 0.4) is 0 Å². The molecule has 1 spiro atoms. The summed E-state index contributed by atoms with van der Waals surface area (Å²) in [6, 6.07) is -1.42. The molecule has 2 saturated heterocycles. The van der Waals surface area contributed by atoms with Gasteiger partial charge in [-0.3, -0.25) is 19.2 Å². The Hall–Kier alpha value is -2.84. The van der Waals surface area contributed by atoms with Crippen LogP contribution in [0.5, 0.6) is 0 Å². The van der Waals surface area contributed by atoms with E-state index in [2.05, 4.69) is 11.4 Å². The molecule has 0 radical (unpaired) electrons. The Morgan fingerprint density at radius 3 is 2.32 bits per heavy atom. The van der Waals surface area contributed by atoms with Crippen molar-refractivity contribution in [1.29, 1.82) is 5.26 Å². The lowest BCUT2D eigenvalue weighted by Gasteiger charge is -2.34. The zero-order valence-electron chi connectivity index (χ0n) is 20.2. The average molecular weight is 488 g/mol. The van der Waals surface area contributed by atoms with Crippen LogP contribution in [0, 0.1) is 22.7 Å². The molecule has 0 aromatic rings. The predicted octanol–water partition coefficient (Wildman–Crippen LogP) is 1.34. The van der Waals surface area contributed by atoms with Crippen molar-refractivity contribution in [1.82, 2.24) is 20.4 Å². The van der Waals surface area contributed by atoms with Crippen LogP contribution in [0.2, 0.25) is 0 Å². The Labute approximate surface area is 197 Å². The maximum Gasteiger partial charge on any atom is 0.471 e. The molecule has 34 heavy (non-hydrogen) atoms. The van der Waals surface area contributed by atoms with Gasteiger partial charge in [0.05, 0.1) is 11.5 Å². The molecule has 0 aliphatic carbocycles. The average Bonchev–Trinajstić information content (AvgIpc) is 3.18. The van der Waals surface area contributed by atoms with E-state index >= 15 is 0 Å². The summed E-state index contributed by atoms with van der Waals surface area (Å²) in [6.07, 6.45) is -4.38. The van der Waals surface area contributed by atoms with Gasteiger partial charge in [-0.2, -0.15) is 18.4 Å². The molecule has 0 aromatic carbocycles. The van der Waals surface area contributed by atoms with Crippen LogP contribution in [0.4, 0.5) is 13.2 Å². The number of hydrogen-bond acceptors (Lipinski definition) is 5. The van der Waals surface area contributed by atoms with Gasteiger partial charge in [0.15, 0.2) is 0 Å². The molecule has 4 atom stereocenters. The lowest BCUT2D eigenvalue weighted by molar-refractivity contribution is -0.175. The van der Waals surface area contributed by atoms with E-state index in [1.807, 2.05) is 27.7 Å². The molecular formula is C22H32F3N5O4. The van der Waals surface area contributed by atoms with Gasteiger partial charge in [-0.1, -0.05) is 13.8 Å². The van der Waals surface area contributed by atoms with Crippen LogP contribution in [-0.4, -0.2) is 76.9 Å². The quantitative estimate of drug-likeness (QED) is 0.585. The molecule has 2 fully saturated rings. The van der Waals surface area contributed by atoms with Crippen molar-refractivity contribution >= 4 is 23.6 Å². The summed E-state index contributed by atoms with van der Waals surface area (Å²) in [5, 5.41) is 14.2. The van der Waals surface area contributed by atoms with E-state index in [-0.39, 0.29) is 31.2 Å². The first-order valence-corrected chi connectivity index (χ1v) is 11.1. The minimum Gasteiger partial charge on any atom is -0.351 e. The molecule has 2 aliphatic rings. The zero-order chi connectivity index (χ0) is 26.2. The second kappa shape index (κ2) is 9.43. The Balaban J connectivity index is 2.27. The number of nitrogens with one attached hydrogen (secondary N) is 2. The van der Waals surface area contributed by atoms with Crippen molar-refractivity contribution in [2.45, 2.75) is 83.7 Å². The van der Waals surface area contributed by atoms with Gasteiger partial charge in [-0.05, 0) is 46.0 Å². The van der Waals surface area contributed by atoms with E-state index in [4.69, 9.17) is 0 Å². The third-order valence-electron chi connectivity index (χ3n) is 6.35. The first-order valence-electron chi connectivity index (χ1n) is 11.1. The molecule has 2 rings (SSSR count). The second-order valence-corrected chi connectivity index (χ2v) is 10.4. The fraction of sp³-hybridized carbons (Fsp3) is 0.773. The second-order valence-electron chi connectivity index (χ2n) is 10.4. The van der Waals surface area contributed by atoms with Crippen LogP contribution in [0.25, 0.3) is 0 Å². The van der Waals surface area contributed by atoms with Crippen molar-refractivity contribution < 1.29 is 32.3 Å². The van der Waals surface area contributed by atoms with Gasteiger partial charge in [0.2, 0.25) is 17.7 Å². The van der Waals surface area contributed by atoms with Crippen LogP contribution in [0.1, 0.15) is 53.9 Å². The molecule has 12 heteroatoms. The number of carbonyl (C=O) groups excluding carboxylic acids is 4. The van der Waals surface area contributed by atoms with Crippen molar-refractivity contribution in [2.75, 3.05) is 13.6 Å². The lowest BCUT2D eigenvalue weighted by atomic mass is 9.79. The molecule has 0 unspecified atom stereocenters. The Morgan fingerprint density at radius 1 is 1.29 bits per heavy atom. The highest BCUT2D eigenvalue weighted by atomic mass is 19.4. The summed E-state index contributed by atoms with van der Waals surface area (Å²) in [5.74, 6) is -4.00. The SMILES string of the molecule is CC(C)C[C@@H](C(=O)N1C[C@@]2(C[C@H]1C#N)CC(C)(C)NC2=O)N(C)C(=O)[C@H](C)NC(=O)C(F)(F)F. The number of rotatable bonds is 6. The van der Waals surface area contributed by atoms with E-state index in [1.165, 1.54) is 11.9 Å². The van der Waals surface area contributed by atoms with Crippen LogP contribution in [-0.2, 0) is 19.2 Å².